The summed E-state index contributed by atoms with van der Waals surface area (Å²) in [5.41, 5.74) is 4.22. The van der Waals surface area contributed by atoms with Gasteiger partial charge in [0.15, 0.2) is 0 Å². The van der Waals surface area contributed by atoms with Gasteiger partial charge in [0.2, 0.25) is 0 Å². The van der Waals surface area contributed by atoms with Gasteiger partial charge in [0, 0.05) is 18.0 Å². The van der Waals surface area contributed by atoms with Crippen LogP contribution in [0.1, 0.15) is 34.5 Å². The zero-order valence-electron chi connectivity index (χ0n) is 18.6. The number of hydrogen-bond acceptors (Lipinski definition) is 5. The Hall–Kier alpha value is -3.19. The number of fused-ring (bicyclic) bond motifs is 2. The zero-order chi connectivity index (χ0) is 22.2. The number of carbonyl (C=O) groups excluding carboxylic acids is 1. The number of nitrogens with zero attached hydrogens (tertiary/aromatic N) is 3. The van der Waals surface area contributed by atoms with E-state index in [1.54, 1.807) is 6.07 Å². The molecule has 33 heavy (non-hydrogen) atoms. The molecule has 7 heteroatoms. The van der Waals surface area contributed by atoms with Crippen LogP contribution in [0.15, 0.2) is 79.1 Å². The van der Waals surface area contributed by atoms with Crippen LogP contribution < -0.4 is 39.4 Å². The van der Waals surface area contributed by atoms with Crippen molar-refractivity contribution in [3.8, 4) is 17.1 Å². The molecule has 0 spiro atoms. The molecule has 0 aliphatic carbocycles. The molecule has 5 rings (SSSR count). The Labute approximate surface area is 213 Å². The number of carboxylic acid groups (broad SMARTS) is 1. The average Bonchev–Trinajstić information content (AvgIpc) is 3.25. The minimum Gasteiger partial charge on any atom is -0.545 e. The molecule has 0 N–H and O–H groups in total. The third-order valence-electron chi connectivity index (χ3n) is 5.54. The maximum Gasteiger partial charge on any atom is 1.00 e. The Morgan fingerprint density at radius 3 is 2.48 bits per heavy atom. The van der Waals surface area contributed by atoms with E-state index in [-0.39, 0.29) is 41.2 Å². The molecule has 0 aliphatic heterocycles. The number of hydrogen-bond donors (Lipinski definition) is 0. The van der Waals surface area contributed by atoms with Crippen molar-refractivity contribution in [3.63, 3.8) is 0 Å². The molecule has 158 valence electrons. The number of aryl methyl sites for hydroxylation is 1. The Bertz CT molecular complexity index is 1430. The minimum absolute atomic E-state index is 0. The van der Waals surface area contributed by atoms with Crippen molar-refractivity contribution >= 4 is 22.5 Å². The van der Waals surface area contributed by atoms with E-state index in [1.165, 1.54) is 6.07 Å². The first-order valence-electron chi connectivity index (χ1n) is 10.3. The van der Waals surface area contributed by atoms with Crippen LogP contribution in [-0.2, 0) is 0 Å². The Balaban J connectivity index is 0.00000259. The number of pyridine rings is 2. The van der Waals surface area contributed by atoms with Gasteiger partial charge in [-0.05, 0) is 49.2 Å². The number of aromatic nitrogens is 3. The molecule has 0 radical (unpaired) electrons. The molecule has 0 unspecified atom stereocenters. The molecule has 1 atom stereocenters. The maximum absolute atomic E-state index is 12.2. The Morgan fingerprint density at radius 1 is 1.00 bits per heavy atom. The topological polar surface area (TPSA) is 79.5 Å². The molecule has 0 fully saturated rings. The molecule has 2 aromatic carbocycles. The normalized spacial score (nSPS) is 11.8. The predicted octanol–water partition coefficient (Wildman–Crippen LogP) is 1.37. The number of benzene rings is 2. The van der Waals surface area contributed by atoms with Crippen molar-refractivity contribution in [2.75, 3.05) is 0 Å². The van der Waals surface area contributed by atoms with Crippen molar-refractivity contribution in [2.24, 2.45) is 0 Å². The van der Waals surface area contributed by atoms with Crippen LogP contribution in [0.2, 0.25) is 0 Å². The van der Waals surface area contributed by atoms with Gasteiger partial charge in [-0.1, -0.05) is 42.5 Å². The second kappa shape index (κ2) is 9.35. The summed E-state index contributed by atoms with van der Waals surface area (Å²) in [7, 11) is 0. The average molecular weight is 445 g/mol. The first kappa shape index (κ1) is 23.0. The van der Waals surface area contributed by atoms with Gasteiger partial charge in [0.1, 0.15) is 23.2 Å². The van der Waals surface area contributed by atoms with Gasteiger partial charge in [0.25, 0.3) is 0 Å². The number of carboxylic acids is 1. The number of imidazole rings is 1. The smallest absolute Gasteiger partial charge is 0.545 e. The van der Waals surface area contributed by atoms with E-state index in [0.29, 0.717) is 28.0 Å². The van der Waals surface area contributed by atoms with Gasteiger partial charge in [-0.3, -0.25) is 0 Å². The van der Waals surface area contributed by atoms with Crippen molar-refractivity contribution < 1.29 is 44.2 Å². The maximum atomic E-state index is 12.2. The number of ether oxygens (including phenoxy) is 1. The fraction of sp³-hybridized carbons (Fsp3) is 0.115. The van der Waals surface area contributed by atoms with E-state index in [2.05, 4.69) is 4.98 Å². The zero-order valence-corrected chi connectivity index (χ0v) is 20.6. The predicted molar refractivity (Wildman–Crippen MR) is 120 cm³/mol. The van der Waals surface area contributed by atoms with Gasteiger partial charge in [0.05, 0.1) is 22.6 Å². The monoisotopic (exact) mass is 445 g/mol. The molecule has 3 heterocycles. The SMILES string of the molecule is Cc1ccc(O[C@@H](C)c2ccccc2)c2c(C(=O)[O-])cc(-c3cn4ccccc4n3)nc12.[Na+]. The molecule has 0 saturated carbocycles. The van der Waals surface area contributed by atoms with Gasteiger partial charge >= 0.3 is 29.6 Å². The van der Waals surface area contributed by atoms with Gasteiger partial charge in [-0.15, -0.1) is 0 Å². The van der Waals surface area contributed by atoms with Crippen LogP contribution in [0.5, 0.6) is 5.75 Å². The van der Waals surface area contributed by atoms with Gasteiger partial charge in [-0.2, -0.15) is 0 Å². The van der Waals surface area contributed by atoms with Crippen molar-refractivity contribution in [2.45, 2.75) is 20.0 Å². The number of rotatable bonds is 5. The first-order chi connectivity index (χ1) is 15.5. The quantitative estimate of drug-likeness (QED) is 0.382. The summed E-state index contributed by atoms with van der Waals surface area (Å²) in [6.45, 7) is 3.82. The van der Waals surface area contributed by atoms with E-state index >= 15 is 0 Å². The summed E-state index contributed by atoms with van der Waals surface area (Å²) in [4.78, 5) is 21.5. The molecular weight excluding hydrogens is 425 g/mol. The summed E-state index contributed by atoms with van der Waals surface area (Å²) in [6, 6.07) is 20.6. The molecule has 0 aliphatic rings. The van der Waals surface area contributed by atoms with Crippen LogP contribution >= 0.6 is 0 Å². The number of aromatic carboxylic acids is 1. The number of carbonyl (C=O) groups is 1. The molecule has 0 amide bonds. The standard InChI is InChI=1S/C26H21N3O3.Na/c1-16-11-12-22(32-17(2)18-8-4-3-5-9-18)24-19(26(30)31)14-20(28-25(16)24)21-15-29-13-7-6-10-23(29)27-21;/h3-15,17H,1-2H3,(H,30,31);/q;+1/p-1/t17-;/m0./s1. The minimum atomic E-state index is -1.29. The molecule has 5 aromatic rings. The second-order valence-electron chi connectivity index (χ2n) is 7.71. The van der Waals surface area contributed by atoms with Crippen molar-refractivity contribution in [3.05, 3.63) is 95.8 Å². The summed E-state index contributed by atoms with van der Waals surface area (Å²) in [5, 5.41) is 12.6. The summed E-state index contributed by atoms with van der Waals surface area (Å²) in [5.74, 6) is -0.833. The largest absolute Gasteiger partial charge is 1.00 e. The van der Waals surface area contributed by atoms with Crippen LogP contribution in [-0.4, -0.2) is 20.3 Å². The van der Waals surface area contributed by atoms with Crippen molar-refractivity contribution in [1.82, 2.24) is 14.4 Å². The van der Waals surface area contributed by atoms with E-state index in [9.17, 15) is 9.90 Å². The molecule has 6 nitrogen and oxygen atoms in total. The molecule has 0 saturated heterocycles. The van der Waals surface area contributed by atoms with E-state index < -0.39 is 5.97 Å². The third-order valence-corrected chi connectivity index (χ3v) is 5.54. The molecule has 0 bridgehead atoms. The Morgan fingerprint density at radius 2 is 1.76 bits per heavy atom. The van der Waals surface area contributed by atoms with Crippen LogP contribution in [0.3, 0.4) is 0 Å². The van der Waals surface area contributed by atoms with Crippen molar-refractivity contribution in [1.29, 1.82) is 0 Å². The van der Waals surface area contributed by atoms with Crippen LogP contribution in [0.4, 0.5) is 0 Å². The molecular formula is C26H20N3NaO3. The van der Waals surface area contributed by atoms with Crippen LogP contribution in [0, 0.1) is 6.92 Å². The fourth-order valence-corrected chi connectivity index (χ4v) is 3.87. The third kappa shape index (κ3) is 4.37. The van der Waals surface area contributed by atoms with Gasteiger partial charge < -0.3 is 19.0 Å². The summed E-state index contributed by atoms with van der Waals surface area (Å²) >= 11 is 0. The summed E-state index contributed by atoms with van der Waals surface area (Å²) in [6.07, 6.45) is 3.44. The summed E-state index contributed by atoms with van der Waals surface area (Å²) < 4.78 is 8.07. The fourth-order valence-electron chi connectivity index (χ4n) is 3.87. The van der Waals surface area contributed by atoms with E-state index in [4.69, 9.17) is 9.72 Å². The van der Waals surface area contributed by atoms with Crippen LogP contribution in [0.25, 0.3) is 27.9 Å². The van der Waals surface area contributed by atoms with E-state index in [1.807, 2.05) is 85.2 Å². The second-order valence-corrected chi connectivity index (χ2v) is 7.71. The van der Waals surface area contributed by atoms with E-state index in [0.717, 1.165) is 16.8 Å². The first-order valence-corrected chi connectivity index (χ1v) is 10.3. The van der Waals surface area contributed by atoms with Gasteiger partial charge in [-0.25, -0.2) is 9.97 Å². The molecule has 3 aromatic heterocycles. The Kier molecular flexibility index (Phi) is 6.51.